The van der Waals surface area contributed by atoms with Gasteiger partial charge in [-0.05, 0) is 43.9 Å². The maximum absolute atomic E-state index is 5.90. The normalized spacial score (nSPS) is 14.2. The standard InChI is InChI=1S/C15H18N4O/c1-9-3-4-10(2)12(7-9)20-14-8-13(19-16)17-15(18-14)11-5-6-11/h3-4,7-8,11H,5-6,16H2,1-2H3,(H,17,18,19). The van der Waals surface area contributed by atoms with Gasteiger partial charge in [-0.25, -0.2) is 10.8 Å². The van der Waals surface area contributed by atoms with Gasteiger partial charge in [-0.15, -0.1) is 0 Å². The largest absolute Gasteiger partial charge is 0.439 e. The summed E-state index contributed by atoms with van der Waals surface area (Å²) in [5.74, 6) is 8.64. The highest BCUT2D eigenvalue weighted by Crippen LogP contribution is 2.39. The van der Waals surface area contributed by atoms with Gasteiger partial charge in [0.05, 0.1) is 0 Å². The van der Waals surface area contributed by atoms with Crippen molar-refractivity contribution in [3.63, 3.8) is 0 Å². The second-order valence-corrected chi connectivity index (χ2v) is 5.24. The fourth-order valence-electron chi connectivity index (χ4n) is 2.02. The molecule has 0 amide bonds. The fraction of sp³-hybridized carbons (Fsp3) is 0.333. The third kappa shape index (κ3) is 2.72. The van der Waals surface area contributed by atoms with E-state index in [1.807, 2.05) is 26.0 Å². The number of anilines is 1. The van der Waals surface area contributed by atoms with Crippen molar-refractivity contribution >= 4 is 5.82 Å². The molecule has 20 heavy (non-hydrogen) atoms. The third-order valence-corrected chi connectivity index (χ3v) is 3.37. The summed E-state index contributed by atoms with van der Waals surface area (Å²) in [5, 5.41) is 0. The summed E-state index contributed by atoms with van der Waals surface area (Å²) in [7, 11) is 0. The molecule has 1 aliphatic rings. The topological polar surface area (TPSA) is 73.1 Å². The van der Waals surface area contributed by atoms with Crippen molar-refractivity contribution in [3.05, 3.63) is 41.2 Å². The van der Waals surface area contributed by atoms with Gasteiger partial charge in [0.25, 0.3) is 0 Å². The molecule has 0 radical (unpaired) electrons. The zero-order valence-electron chi connectivity index (χ0n) is 11.7. The van der Waals surface area contributed by atoms with Gasteiger partial charge in [0.1, 0.15) is 17.4 Å². The van der Waals surface area contributed by atoms with E-state index in [-0.39, 0.29) is 0 Å². The van der Waals surface area contributed by atoms with Gasteiger partial charge in [0.15, 0.2) is 0 Å². The van der Waals surface area contributed by atoms with E-state index in [1.165, 1.54) is 0 Å². The zero-order chi connectivity index (χ0) is 14.1. The van der Waals surface area contributed by atoms with E-state index < -0.39 is 0 Å². The Labute approximate surface area is 118 Å². The Balaban J connectivity index is 1.93. The lowest BCUT2D eigenvalue weighted by molar-refractivity contribution is 0.455. The number of aryl methyl sites for hydroxylation is 2. The number of ether oxygens (including phenoxy) is 1. The fourth-order valence-corrected chi connectivity index (χ4v) is 2.02. The van der Waals surface area contributed by atoms with Crippen LogP contribution in [0.15, 0.2) is 24.3 Å². The predicted octanol–water partition coefficient (Wildman–Crippen LogP) is 3.05. The smallest absolute Gasteiger partial charge is 0.224 e. The highest BCUT2D eigenvalue weighted by atomic mass is 16.5. The van der Waals surface area contributed by atoms with Crippen LogP contribution in [-0.2, 0) is 0 Å². The molecule has 0 saturated heterocycles. The minimum absolute atomic E-state index is 0.448. The molecule has 2 aromatic rings. The monoisotopic (exact) mass is 270 g/mol. The molecule has 1 heterocycles. The van der Waals surface area contributed by atoms with Gasteiger partial charge in [-0.2, -0.15) is 4.98 Å². The minimum Gasteiger partial charge on any atom is -0.439 e. The summed E-state index contributed by atoms with van der Waals surface area (Å²) in [4.78, 5) is 8.85. The molecule has 1 aliphatic carbocycles. The lowest BCUT2D eigenvalue weighted by atomic mass is 10.1. The summed E-state index contributed by atoms with van der Waals surface area (Å²) in [6.07, 6.45) is 2.27. The Kier molecular flexibility index (Phi) is 3.28. The van der Waals surface area contributed by atoms with Gasteiger partial charge in [-0.1, -0.05) is 12.1 Å². The molecule has 104 valence electrons. The molecule has 0 atom stereocenters. The molecule has 5 heteroatoms. The van der Waals surface area contributed by atoms with Crippen molar-refractivity contribution < 1.29 is 4.74 Å². The number of nitrogens with one attached hydrogen (secondary N) is 1. The van der Waals surface area contributed by atoms with Crippen molar-refractivity contribution in [3.8, 4) is 11.6 Å². The Hall–Kier alpha value is -2.14. The van der Waals surface area contributed by atoms with Gasteiger partial charge in [-0.3, -0.25) is 0 Å². The third-order valence-electron chi connectivity index (χ3n) is 3.37. The van der Waals surface area contributed by atoms with Crippen LogP contribution in [0, 0.1) is 13.8 Å². The van der Waals surface area contributed by atoms with Crippen LogP contribution in [0.4, 0.5) is 5.82 Å². The molecule has 0 bridgehead atoms. The highest BCUT2D eigenvalue weighted by Gasteiger charge is 2.27. The van der Waals surface area contributed by atoms with Crippen LogP contribution in [-0.4, -0.2) is 9.97 Å². The number of hydrazine groups is 1. The summed E-state index contributed by atoms with van der Waals surface area (Å²) in [5.41, 5.74) is 4.80. The molecule has 1 fully saturated rings. The van der Waals surface area contributed by atoms with Crippen molar-refractivity contribution in [2.24, 2.45) is 5.84 Å². The summed E-state index contributed by atoms with van der Waals surface area (Å²) >= 11 is 0. The summed E-state index contributed by atoms with van der Waals surface area (Å²) < 4.78 is 5.90. The van der Waals surface area contributed by atoms with Gasteiger partial charge < -0.3 is 10.2 Å². The Morgan fingerprint density at radius 3 is 2.70 bits per heavy atom. The Bertz CT molecular complexity index is 638. The van der Waals surface area contributed by atoms with Crippen LogP contribution in [0.25, 0.3) is 0 Å². The molecule has 1 saturated carbocycles. The molecule has 1 aromatic heterocycles. The number of nitrogens with zero attached hydrogens (tertiary/aromatic N) is 2. The number of nitrogen functional groups attached to an aromatic ring is 1. The second-order valence-electron chi connectivity index (χ2n) is 5.24. The first-order valence-electron chi connectivity index (χ1n) is 6.76. The van der Waals surface area contributed by atoms with E-state index in [4.69, 9.17) is 10.6 Å². The number of nitrogens with two attached hydrogens (primary N) is 1. The van der Waals surface area contributed by atoms with E-state index in [2.05, 4.69) is 21.5 Å². The summed E-state index contributed by atoms with van der Waals surface area (Å²) in [6, 6.07) is 7.82. The van der Waals surface area contributed by atoms with E-state index >= 15 is 0 Å². The first-order valence-corrected chi connectivity index (χ1v) is 6.76. The molecule has 3 rings (SSSR count). The van der Waals surface area contributed by atoms with Crippen molar-refractivity contribution in [2.45, 2.75) is 32.6 Å². The Morgan fingerprint density at radius 2 is 2.00 bits per heavy atom. The molecule has 0 aliphatic heterocycles. The number of rotatable bonds is 4. The van der Waals surface area contributed by atoms with Crippen LogP contribution < -0.4 is 16.0 Å². The molecule has 3 N–H and O–H groups in total. The van der Waals surface area contributed by atoms with Crippen LogP contribution in [0.1, 0.15) is 35.7 Å². The number of aromatic nitrogens is 2. The zero-order valence-corrected chi connectivity index (χ0v) is 11.7. The SMILES string of the molecule is Cc1ccc(C)c(Oc2cc(NN)nc(C3CC3)n2)c1. The van der Waals surface area contributed by atoms with Gasteiger partial charge in [0.2, 0.25) is 5.88 Å². The minimum atomic E-state index is 0.448. The first-order chi connectivity index (χ1) is 9.65. The second kappa shape index (κ2) is 5.09. The highest BCUT2D eigenvalue weighted by molar-refractivity contribution is 5.42. The van der Waals surface area contributed by atoms with Crippen LogP contribution in [0.3, 0.4) is 0 Å². The number of hydrogen-bond donors (Lipinski definition) is 2. The van der Waals surface area contributed by atoms with E-state index in [9.17, 15) is 0 Å². The summed E-state index contributed by atoms with van der Waals surface area (Å²) in [6.45, 7) is 4.05. The van der Waals surface area contributed by atoms with Crippen molar-refractivity contribution in [2.75, 3.05) is 5.43 Å². The van der Waals surface area contributed by atoms with Crippen molar-refractivity contribution in [1.29, 1.82) is 0 Å². The maximum atomic E-state index is 5.90. The molecule has 5 nitrogen and oxygen atoms in total. The van der Waals surface area contributed by atoms with Gasteiger partial charge in [0, 0.05) is 12.0 Å². The molecule has 0 unspecified atom stereocenters. The van der Waals surface area contributed by atoms with E-state index in [0.717, 1.165) is 35.5 Å². The molecular weight excluding hydrogens is 252 g/mol. The maximum Gasteiger partial charge on any atom is 0.224 e. The van der Waals surface area contributed by atoms with Crippen molar-refractivity contribution in [1.82, 2.24) is 9.97 Å². The number of hydrogen-bond acceptors (Lipinski definition) is 5. The quantitative estimate of drug-likeness (QED) is 0.660. The van der Waals surface area contributed by atoms with E-state index in [0.29, 0.717) is 17.6 Å². The molecular formula is C15H18N4O. The lowest BCUT2D eigenvalue weighted by Gasteiger charge is -2.11. The van der Waals surface area contributed by atoms with E-state index in [1.54, 1.807) is 6.07 Å². The number of benzene rings is 1. The molecule has 0 spiro atoms. The first kappa shape index (κ1) is 12.9. The Morgan fingerprint density at radius 1 is 1.20 bits per heavy atom. The average Bonchev–Trinajstić information content (AvgIpc) is 3.27. The van der Waals surface area contributed by atoms with Crippen LogP contribution >= 0.6 is 0 Å². The van der Waals surface area contributed by atoms with Gasteiger partial charge >= 0.3 is 0 Å². The average molecular weight is 270 g/mol. The predicted molar refractivity (Wildman–Crippen MR) is 77.8 cm³/mol. The van der Waals surface area contributed by atoms with Crippen LogP contribution in [0.2, 0.25) is 0 Å². The van der Waals surface area contributed by atoms with Crippen LogP contribution in [0.5, 0.6) is 11.6 Å². The lowest BCUT2D eigenvalue weighted by Crippen LogP contribution is -2.10. The molecule has 1 aromatic carbocycles.